The Bertz CT molecular complexity index is 823. The minimum absolute atomic E-state index is 0.00994. The summed E-state index contributed by atoms with van der Waals surface area (Å²) >= 11 is 1.46. The van der Waals surface area contributed by atoms with Gasteiger partial charge in [0.05, 0.1) is 10.9 Å². The van der Waals surface area contributed by atoms with Crippen molar-refractivity contribution < 1.29 is 9.59 Å². The molecule has 1 saturated heterocycles. The number of nitrogens with zero attached hydrogens (tertiary/aromatic N) is 1. The number of thiophene rings is 1. The molecule has 1 aromatic heterocycles. The second-order valence-corrected chi connectivity index (χ2v) is 10.1. The van der Waals surface area contributed by atoms with Crippen molar-refractivity contribution in [2.45, 2.75) is 64.5 Å². The largest absolute Gasteiger partial charge is 0.355 e. The fraction of sp³-hybridized carbons (Fsp3) is 0.538. The predicted molar refractivity (Wildman–Crippen MR) is 132 cm³/mol. The van der Waals surface area contributed by atoms with Crippen LogP contribution in [0.15, 0.2) is 47.8 Å². The molecule has 174 valence electrons. The van der Waals surface area contributed by atoms with Crippen molar-refractivity contribution >= 4 is 23.2 Å². The lowest BCUT2D eigenvalue weighted by atomic mass is 10.0. The first kappa shape index (κ1) is 24.5. The summed E-state index contributed by atoms with van der Waals surface area (Å²) in [5.41, 5.74) is 1.35. The normalized spacial score (nSPS) is 17.4. The van der Waals surface area contributed by atoms with Crippen LogP contribution < -0.4 is 10.6 Å². The van der Waals surface area contributed by atoms with Gasteiger partial charge in [-0.1, -0.05) is 50.2 Å². The van der Waals surface area contributed by atoms with Crippen molar-refractivity contribution in [2.75, 3.05) is 19.6 Å². The van der Waals surface area contributed by atoms with Crippen LogP contribution in [0.2, 0.25) is 0 Å². The van der Waals surface area contributed by atoms with Crippen molar-refractivity contribution in [3.8, 4) is 0 Å². The third kappa shape index (κ3) is 7.75. The molecule has 2 aromatic rings. The molecule has 3 rings (SSSR count). The maximum absolute atomic E-state index is 12.9. The number of unbranched alkanes of at least 4 members (excludes halogenated alkanes) is 1. The lowest BCUT2D eigenvalue weighted by Crippen LogP contribution is -2.50. The van der Waals surface area contributed by atoms with Gasteiger partial charge in [-0.15, -0.1) is 11.3 Å². The summed E-state index contributed by atoms with van der Waals surface area (Å²) in [6.45, 7) is 6.71. The fourth-order valence-corrected chi connectivity index (χ4v) is 5.09. The molecule has 2 heterocycles. The van der Waals surface area contributed by atoms with Gasteiger partial charge in [0.1, 0.15) is 0 Å². The number of hydrogen-bond acceptors (Lipinski definition) is 4. The summed E-state index contributed by atoms with van der Waals surface area (Å²) in [5, 5.41) is 8.29. The maximum atomic E-state index is 12.9. The van der Waals surface area contributed by atoms with Crippen molar-refractivity contribution in [1.82, 2.24) is 15.5 Å². The van der Waals surface area contributed by atoms with Gasteiger partial charge in [-0.05, 0) is 68.0 Å². The highest BCUT2D eigenvalue weighted by molar-refractivity contribution is 7.12. The van der Waals surface area contributed by atoms with Gasteiger partial charge in [-0.3, -0.25) is 14.5 Å². The lowest BCUT2D eigenvalue weighted by molar-refractivity contribution is -0.125. The van der Waals surface area contributed by atoms with Gasteiger partial charge in [-0.2, -0.15) is 0 Å². The zero-order valence-corrected chi connectivity index (χ0v) is 20.2. The lowest BCUT2D eigenvalue weighted by Gasteiger charge is -2.29. The summed E-state index contributed by atoms with van der Waals surface area (Å²) < 4.78 is 0. The zero-order valence-electron chi connectivity index (χ0n) is 19.4. The van der Waals surface area contributed by atoms with Gasteiger partial charge < -0.3 is 10.6 Å². The second-order valence-electron chi connectivity index (χ2n) is 9.16. The molecule has 0 radical (unpaired) electrons. The first-order valence-electron chi connectivity index (χ1n) is 11.9. The highest BCUT2D eigenvalue weighted by Gasteiger charge is 2.32. The first-order valence-corrected chi connectivity index (χ1v) is 12.8. The smallest absolute Gasteiger partial charge is 0.261 e. The van der Waals surface area contributed by atoms with Crippen LogP contribution in [-0.2, 0) is 11.2 Å². The number of amides is 2. The van der Waals surface area contributed by atoms with Crippen molar-refractivity contribution in [2.24, 2.45) is 5.92 Å². The van der Waals surface area contributed by atoms with Crippen molar-refractivity contribution in [3.63, 3.8) is 0 Å². The molecule has 2 amide bonds. The Labute approximate surface area is 196 Å². The highest BCUT2D eigenvalue weighted by Crippen LogP contribution is 2.20. The van der Waals surface area contributed by atoms with E-state index in [0.29, 0.717) is 5.92 Å². The second kappa shape index (κ2) is 12.8. The van der Waals surface area contributed by atoms with Crippen LogP contribution in [0.5, 0.6) is 0 Å². The standard InChI is InChI=1S/C26H37N3O2S/c1-20(2)18-22(28-26(31)24-14-9-17-32-24)19-29-16-8-13-23(29)25(30)27-15-7-6-12-21-10-4-3-5-11-21/h3-5,9-11,14,17,20,22-23H,6-8,12-13,15-16,18-19H2,1-2H3,(H,27,30)(H,28,31)/t22?,23-/m0/s1. The minimum atomic E-state index is -0.0857. The average molecular weight is 456 g/mol. The molecule has 1 aliphatic rings. The zero-order chi connectivity index (χ0) is 22.8. The van der Waals surface area contributed by atoms with E-state index < -0.39 is 0 Å². The molecule has 0 aliphatic carbocycles. The van der Waals surface area contributed by atoms with Gasteiger partial charge in [0.2, 0.25) is 5.91 Å². The van der Waals surface area contributed by atoms with E-state index in [4.69, 9.17) is 0 Å². The number of hydrogen-bond donors (Lipinski definition) is 2. The molecule has 6 heteroatoms. The number of likely N-dealkylation sites (tertiary alicyclic amines) is 1. The van der Waals surface area contributed by atoms with Crippen LogP contribution in [0, 0.1) is 5.92 Å². The van der Waals surface area contributed by atoms with Crippen molar-refractivity contribution in [1.29, 1.82) is 0 Å². The van der Waals surface area contributed by atoms with E-state index >= 15 is 0 Å². The highest BCUT2D eigenvalue weighted by atomic mass is 32.1. The summed E-state index contributed by atoms with van der Waals surface area (Å²) in [7, 11) is 0. The Morgan fingerprint density at radius 1 is 1.12 bits per heavy atom. The molecular formula is C26H37N3O2S. The quantitative estimate of drug-likeness (QED) is 0.464. The molecule has 0 spiro atoms. The number of rotatable bonds is 12. The molecule has 32 heavy (non-hydrogen) atoms. The van der Waals surface area contributed by atoms with E-state index in [-0.39, 0.29) is 23.9 Å². The minimum Gasteiger partial charge on any atom is -0.355 e. The average Bonchev–Trinajstić information content (AvgIpc) is 3.46. The van der Waals surface area contributed by atoms with Crippen molar-refractivity contribution in [3.05, 3.63) is 58.3 Å². The summed E-state index contributed by atoms with van der Waals surface area (Å²) in [6.07, 6.45) is 5.93. The van der Waals surface area contributed by atoms with E-state index in [0.717, 1.165) is 63.0 Å². The topological polar surface area (TPSA) is 61.4 Å². The number of benzene rings is 1. The van der Waals surface area contributed by atoms with E-state index in [2.05, 4.69) is 53.6 Å². The number of nitrogens with one attached hydrogen (secondary N) is 2. The number of carbonyl (C=O) groups is 2. The molecule has 0 bridgehead atoms. The summed E-state index contributed by atoms with van der Waals surface area (Å²) in [5.74, 6) is 0.600. The Hall–Kier alpha value is -2.18. The van der Waals surface area contributed by atoms with Crippen LogP contribution in [0.3, 0.4) is 0 Å². The molecule has 5 nitrogen and oxygen atoms in total. The third-order valence-electron chi connectivity index (χ3n) is 5.99. The summed E-state index contributed by atoms with van der Waals surface area (Å²) in [6, 6.07) is 14.2. The molecule has 1 aliphatic heterocycles. The first-order chi connectivity index (χ1) is 15.5. The predicted octanol–water partition coefficient (Wildman–Crippen LogP) is 4.50. The van der Waals surface area contributed by atoms with E-state index in [1.54, 1.807) is 0 Å². The molecule has 0 saturated carbocycles. The van der Waals surface area contributed by atoms with Crippen LogP contribution in [0.25, 0.3) is 0 Å². The Kier molecular flexibility index (Phi) is 9.75. The fourth-order valence-electron chi connectivity index (χ4n) is 4.47. The van der Waals surface area contributed by atoms with Crippen LogP contribution >= 0.6 is 11.3 Å². The van der Waals surface area contributed by atoms with Gasteiger partial charge in [-0.25, -0.2) is 0 Å². The van der Waals surface area contributed by atoms with Gasteiger partial charge in [0, 0.05) is 19.1 Å². The molecule has 2 atom stereocenters. The Morgan fingerprint density at radius 2 is 1.94 bits per heavy atom. The number of carbonyl (C=O) groups excluding carboxylic acids is 2. The Morgan fingerprint density at radius 3 is 2.66 bits per heavy atom. The number of aryl methyl sites for hydroxylation is 1. The summed E-state index contributed by atoms with van der Waals surface area (Å²) in [4.78, 5) is 28.5. The monoisotopic (exact) mass is 455 g/mol. The molecule has 2 N–H and O–H groups in total. The SMILES string of the molecule is CC(C)CC(CN1CCC[C@H]1C(=O)NCCCCc1ccccc1)NC(=O)c1cccs1. The molecule has 1 unspecified atom stereocenters. The van der Waals surface area contributed by atoms with Gasteiger partial charge in [0.25, 0.3) is 5.91 Å². The Balaban J connectivity index is 1.45. The van der Waals surface area contributed by atoms with E-state index in [9.17, 15) is 9.59 Å². The third-order valence-corrected chi connectivity index (χ3v) is 6.86. The van der Waals surface area contributed by atoms with E-state index in [1.807, 2.05) is 23.6 Å². The van der Waals surface area contributed by atoms with Gasteiger partial charge >= 0.3 is 0 Å². The van der Waals surface area contributed by atoms with Crippen LogP contribution in [0.1, 0.15) is 61.2 Å². The maximum Gasteiger partial charge on any atom is 0.261 e. The van der Waals surface area contributed by atoms with Crippen LogP contribution in [-0.4, -0.2) is 48.4 Å². The van der Waals surface area contributed by atoms with Gasteiger partial charge in [0.15, 0.2) is 0 Å². The van der Waals surface area contributed by atoms with E-state index in [1.165, 1.54) is 16.9 Å². The molecular weight excluding hydrogens is 418 g/mol. The molecule has 1 aromatic carbocycles. The van der Waals surface area contributed by atoms with Crippen LogP contribution in [0.4, 0.5) is 0 Å². The molecule has 1 fully saturated rings.